The highest BCUT2D eigenvalue weighted by Crippen LogP contribution is 2.55. The number of rotatable bonds is 4. The van der Waals surface area contributed by atoms with Crippen LogP contribution >= 0.6 is 0 Å². The van der Waals surface area contributed by atoms with Gasteiger partial charge in [0.05, 0.1) is 0 Å². The fraction of sp³-hybridized carbons (Fsp3) is 0.706. The predicted octanol–water partition coefficient (Wildman–Crippen LogP) is 2.25. The fourth-order valence-corrected chi connectivity index (χ4v) is 5.40. The Hall–Kier alpha value is -2.06. The maximum absolute atomic E-state index is 12.7. The monoisotopic (exact) mass is 371 g/mol. The van der Waals surface area contributed by atoms with Crippen LogP contribution in [-0.4, -0.2) is 28.0 Å². The molecule has 5 rings (SSSR count). The van der Waals surface area contributed by atoms with E-state index in [9.17, 15) is 22.8 Å². The van der Waals surface area contributed by atoms with Crippen molar-refractivity contribution in [3.63, 3.8) is 0 Å². The van der Waals surface area contributed by atoms with Gasteiger partial charge in [-0.15, -0.1) is 0 Å². The highest BCUT2D eigenvalue weighted by molar-refractivity contribution is 5.78. The summed E-state index contributed by atoms with van der Waals surface area (Å²) in [5.41, 5.74) is -2.63. The van der Waals surface area contributed by atoms with E-state index in [4.69, 9.17) is 4.74 Å². The molecule has 4 aliphatic rings. The number of nitrogens with one attached hydrogen (secondary N) is 2. The molecule has 0 spiro atoms. The van der Waals surface area contributed by atoms with Gasteiger partial charge >= 0.3 is 11.9 Å². The largest absolute Gasteiger partial charge is 0.467 e. The number of alkyl halides is 3. The Morgan fingerprint density at radius 2 is 1.81 bits per heavy atom. The van der Waals surface area contributed by atoms with Gasteiger partial charge < -0.3 is 15.0 Å². The van der Waals surface area contributed by atoms with Crippen LogP contribution in [0.15, 0.2) is 10.9 Å². The Kier molecular flexibility index (Phi) is 4.00. The van der Waals surface area contributed by atoms with Gasteiger partial charge in [-0.25, -0.2) is 4.79 Å². The van der Waals surface area contributed by atoms with Gasteiger partial charge in [-0.3, -0.25) is 4.79 Å². The smallest absolute Gasteiger partial charge is 0.431 e. The molecule has 0 radical (unpaired) electrons. The first-order chi connectivity index (χ1) is 12.2. The summed E-state index contributed by atoms with van der Waals surface area (Å²) in [6.07, 6.45) is 1.89. The van der Waals surface area contributed by atoms with E-state index in [1.165, 1.54) is 19.3 Å². The molecule has 0 aliphatic heterocycles. The van der Waals surface area contributed by atoms with E-state index in [2.05, 4.69) is 10.3 Å². The Morgan fingerprint density at radius 3 is 2.35 bits per heavy atom. The summed E-state index contributed by atoms with van der Waals surface area (Å²) < 4.78 is 43.2. The number of nitrogens with zero attached hydrogens (tertiary/aromatic N) is 1. The third-order valence-corrected chi connectivity index (χ3v) is 5.82. The van der Waals surface area contributed by atoms with Crippen LogP contribution in [0.2, 0.25) is 0 Å². The summed E-state index contributed by atoms with van der Waals surface area (Å²) in [6.45, 7) is -0.463. The van der Waals surface area contributed by atoms with E-state index in [-0.39, 0.29) is 11.4 Å². The fourth-order valence-electron chi connectivity index (χ4n) is 5.40. The Labute approximate surface area is 147 Å². The number of H-pyrrole nitrogens is 1. The summed E-state index contributed by atoms with van der Waals surface area (Å²) in [4.78, 5) is 28.5. The van der Waals surface area contributed by atoms with E-state index in [0.717, 1.165) is 19.3 Å². The van der Waals surface area contributed by atoms with Crippen LogP contribution in [0, 0.1) is 17.8 Å². The minimum Gasteiger partial charge on any atom is -0.467 e. The second-order valence-electron chi connectivity index (χ2n) is 7.97. The number of carbonyl (C=O) groups is 1. The SMILES string of the molecule is O=C(COc1cc(C(F)(F)F)[nH]c(=O)n1)NC12CC3CC(CC(C3)C1)C2. The molecule has 1 amide bonds. The van der Waals surface area contributed by atoms with Gasteiger partial charge in [-0.2, -0.15) is 18.2 Å². The third kappa shape index (κ3) is 3.43. The minimum absolute atomic E-state index is 0.200. The first-order valence-electron chi connectivity index (χ1n) is 8.83. The number of aromatic amines is 1. The lowest BCUT2D eigenvalue weighted by Gasteiger charge is -2.56. The van der Waals surface area contributed by atoms with Gasteiger partial charge in [-0.1, -0.05) is 0 Å². The zero-order chi connectivity index (χ0) is 18.5. The Bertz CT molecular complexity index is 739. The highest BCUT2D eigenvalue weighted by atomic mass is 19.4. The van der Waals surface area contributed by atoms with Crippen LogP contribution in [0.5, 0.6) is 5.88 Å². The summed E-state index contributed by atoms with van der Waals surface area (Å²) in [6, 6.07) is 0.583. The quantitative estimate of drug-likeness (QED) is 0.850. The second-order valence-corrected chi connectivity index (χ2v) is 7.97. The maximum Gasteiger partial charge on any atom is 0.431 e. The predicted molar refractivity (Wildman–Crippen MR) is 84.4 cm³/mol. The van der Waals surface area contributed by atoms with Crippen molar-refractivity contribution < 1.29 is 22.7 Å². The average molecular weight is 371 g/mol. The van der Waals surface area contributed by atoms with Crippen molar-refractivity contribution in [1.82, 2.24) is 15.3 Å². The van der Waals surface area contributed by atoms with Crippen LogP contribution in [0.25, 0.3) is 0 Å². The molecule has 0 saturated heterocycles. The standard InChI is InChI=1S/C17H20F3N3O3/c18-17(19,20)12-4-14(22-15(25)21-12)26-8-13(24)23-16-5-9-1-10(6-16)3-11(2-9)7-16/h4,9-11H,1-3,5-8H2,(H,23,24)(H,21,22,25). The molecule has 4 fully saturated rings. The van der Waals surface area contributed by atoms with Crippen molar-refractivity contribution >= 4 is 5.91 Å². The lowest BCUT2D eigenvalue weighted by atomic mass is 9.53. The van der Waals surface area contributed by atoms with Gasteiger partial charge in [0.15, 0.2) is 6.61 Å². The lowest BCUT2D eigenvalue weighted by molar-refractivity contribution is -0.141. The normalized spacial score (nSPS) is 32.5. The summed E-state index contributed by atoms with van der Waals surface area (Å²) in [7, 11) is 0. The van der Waals surface area contributed by atoms with Crippen molar-refractivity contribution in [2.24, 2.45) is 17.8 Å². The van der Waals surface area contributed by atoms with Gasteiger partial charge in [0.2, 0.25) is 5.88 Å². The molecule has 0 unspecified atom stereocenters. The van der Waals surface area contributed by atoms with Crippen molar-refractivity contribution in [2.75, 3.05) is 6.61 Å². The summed E-state index contributed by atoms with van der Waals surface area (Å²) >= 11 is 0. The zero-order valence-corrected chi connectivity index (χ0v) is 14.1. The maximum atomic E-state index is 12.7. The molecular weight excluding hydrogens is 351 g/mol. The number of hydrogen-bond acceptors (Lipinski definition) is 4. The molecule has 1 heterocycles. The molecule has 4 bridgehead atoms. The first-order valence-corrected chi connectivity index (χ1v) is 8.83. The van der Waals surface area contributed by atoms with Gasteiger partial charge in [0, 0.05) is 11.6 Å². The third-order valence-electron chi connectivity index (χ3n) is 5.82. The minimum atomic E-state index is -4.72. The highest BCUT2D eigenvalue weighted by Gasteiger charge is 2.51. The van der Waals surface area contributed by atoms with Crippen LogP contribution in [0.4, 0.5) is 13.2 Å². The molecule has 4 aliphatic carbocycles. The average Bonchev–Trinajstić information content (AvgIpc) is 2.50. The van der Waals surface area contributed by atoms with Crippen molar-refractivity contribution in [3.8, 4) is 5.88 Å². The van der Waals surface area contributed by atoms with Gasteiger partial charge in [0.25, 0.3) is 5.91 Å². The Balaban J connectivity index is 1.39. The second kappa shape index (κ2) is 5.99. The van der Waals surface area contributed by atoms with Crippen LogP contribution in [-0.2, 0) is 11.0 Å². The van der Waals surface area contributed by atoms with E-state index in [1.54, 1.807) is 4.98 Å². The molecule has 4 saturated carbocycles. The molecule has 1 aromatic rings. The summed E-state index contributed by atoms with van der Waals surface area (Å²) in [5, 5.41) is 3.05. The number of hydrogen-bond donors (Lipinski definition) is 2. The van der Waals surface area contributed by atoms with E-state index in [0.29, 0.717) is 23.8 Å². The molecular formula is C17H20F3N3O3. The number of halogens is 3. The molecule has 9 heteroatoms. The number of ether oxygens (including phenoxy) is 1. The van der Waals surface area contributed by atoms with Crippen LogP contribution in [0.3, 0.4) is 0 Å². The molecule has 0 aromatic carbocycles. The van der Waals surface area contributed by atoms with Crippen LogP contribution in [0.1, 0.15) is 44.2 Å². The van der Waals surface area contributed by atoms with Crippen molar-refractivity contribution in [1.29, 1.82) is 0 Å². The lowest BCUT2D eigenvalue weighted by Crippen LogP contribution is -2.60. The number of amides is 1. The van der Waals surface area contributed by atoms with E-state index >= 15 is 0 Å². The van der Waals surface area contributed by atoms with E-state index < -0.39 is 30.0 Å². The van der Waals surface area contributed by atoms with Crippen molar-refractivity contribution in [3.05, 3.63) is 22.2 Å². The van der Waals surface area contributed by atoms with Crippen LogP contribution < -0.4 is 15.7 Å². The molecule has 1 aromatic heterocycles. The molecule has 6 nitrogen and oxygen atoms in total. The molecule has 0 atom stereocenters. The topological polar surface area (TPSA) is 84.1 Å². The first kappa shape index (κ1) is 17.4. The number of carbonyl (C=O) groups excluding carboxylic acids is 1. The summed E-state index contributed by atoms with van der Waals surface area (Å²) in [5.74, 6) is 1.08. The number of aromatic nitrogens is 2. The van der Waals surface area contributed by atoms with Gasteiger partial charge in [-0.05, 0) is 56.3 Å². The van der Waals surface area contributed by atoms with E-state index in [1.807, 2.05) is 0 Å². The zero-order valence-electron chi connectivity index (χ0n) is 14.1. The molecule has 2 N–H and O–H groups in total. The molecule has 26 heavy (non-hydrogen) atoms. The molecule has 142 valence electrons. The van der Waals surface area contributed by atoms with Crippen molar-refractivity contribution in [2.45, 2.75) is 50.2 Å². The van der Waals surface area contributed by atoms with Gasteiger partial charge in [0.1, 0.15) is 5.69 Å². The Morgan fingerprint density at radius 1 is 1.23 bits per heavy atom.